The Morgan fingerprint density at radius 3 is 2.69 bits per heavy atom. The molecule has 0 fully saturated rings. The van der Waals surface area contributed by atoms with Gasteiger partial charge in [0.1, 0.15) is 0 Å². The number of benzene rings is 2. The van der Waals surface area contributed by atoms with Crippen LogP contribution < -0.4 is 5.73 Å². The third-order valence-electron chi connectivity index (χ3n) is 2.64. The number of carboxylic acids is 1. The maximum atomic E-state index is 11.0. The summed E-state index contributed by atoms with van der Waals surface area (Å²) in [7, 11) is 0. The second-order valence-corrected chi connectivity index (χ2v) is 4.07. The number of carbonyl (C=O) groups is 1. The first-order chi connectivity index (χ1) is 7.50. The maximum absolute atomic E-state index is 11.0. The predicted octanol–water partition coefficient (Wildman–Crippen LogP) is 3.08. The van der Waals surface area contributed by atoms with Gasteiger partial charge in [-0.25, -0.2) is 4.79 Å². The van der Waals surface area contributed by atoms with Gasteiger partial charge in [-0.15, -0.1) is 0 Å². The van der Waals surface area contributed by atoms with E-state index < -0.39 is 5.97 Å². The molecular weight excluding hydrogens is 226 g/mol. The van der Waals surface area contributed by atoms with Gasteiger partial charge >= 0.3 is 5.97 Å². The highest BCUT2D eigenvalue weighted by Gasteiger charge is 2.13. The van der Waals surface area contributed by atoms with Crippen LogP contribution in [0.5, 0.6) is 0 Å². The summed E-state index contributed by atoms with van der Waals surface area (Å²) < 4.78 is 0. The van der Waals surface area contributed by atoms with Crippen LogP contribution in [0.15, 0.2) is 24.3 Å². The number of carboxylic acid groups (broad SMARTS) is 1. The van der Waals surface area contributed by atoms with Crippen LogP contribution in [-0.4, -0.2) is 11.1 Å². The molecule has 0 aliphatic carbocycles. The van der Waals surface area contributed by atoms with Crippen LogP contribution in [0.4, 0.5) is 5.69 Å². The molecule has 82 valence electrons. The number of rotatable bonds is 1. The zero-order valence-corrected chi connectivity index (χ0v) is 9.38. The summed E-state index contributed by atoms with van der Waals surface area (Å²) in [6, 6.07) is 6.88. The molecular formula is C12H10ClNO2. The SMILES string of the molecule is Cc1c(N)c(C(=O)O)cc2cc(Cl)ccc12. The molecule has 3 nitrogen and oxygen atoms in total. The molecule has 0 radical (unpaired) electrons. The number of aromatic carboxylic acids is 1. The van der Waals surface area contributed by atoms with E-state index in [0.717, 1.165) is 16.3 Å². The zero-order chi connectivity index (χ0) is 11.9. The van der Waals surface area contributed by atoms with Crippen LogP contribution in [0, 0.1) is 6.92 Å². The molecule has 0 aliphatic rings. The van der Waals surface area contributed by atoms with Gasteiger partial charge in [0.25, 0.3) is 0 Å². The summed E-state index contributed by atoms with van der Waals surface area (Å²) in [5.41, 5.74) is 6.97. The lowest BCUT2D eigenvalue weighted by atomic mass is 9.99. The maximum Gasteiger partial charge on any atom is 0.337 e. The highest BCUT2D eigenvalue weighted by atomic mass is 35.5. The fraction of sp³-hybridized carbons (Fsp3) is 0.0833. The van der Waals surface area contributed by atoms with Gasteiger partial charge < -0.3 is 10.8 Å². The fourth-order valence-electron chi connectivity index (χ4n) is 1.75. The Morgan fingerprint density at radius 1 is 1.38 bits per heavy atom. The van der Waals surface area contributed by atoms with Crippen molar-refractivity contribution in [2.45, 2.75) is 6.92 Å². The number of fused-ring (bicyclic) bond motifs is 1. The van der Waals surface area contributed by atoms with E-state index in [2.05, 4.69) is 0 Å². The Morgan fingerprint density at radius 2 is 2.06 bits per heavy atom. The average molecular weight is 236 g/mol. The van der Waals surface area contributed by atoms with Crippen LogP contribution in [0.25, 0.3) is 10.8 Å². The molecule has 2 rings (SSSR count). The van der Waals surface area contributed by atoms with Crippen molar-refractivity contribution in [3.63, 3.8) is 0 Å². The average Bonchev–Trinajstić information content (AvgIpc) is 2.22. The van der Waals surface area contributed by atoms with Gasteiger partial charge in [-0.1, -0.05) is 17.7 Å². The number of nitrogen functional groups attached to an aromatic ring is 1. The van der Waals surface area contributed by atoms with Crippen molar-refractivity contribution in [3.05, 3.63) is 40.4 Å². The van der Waals surface area contributed by atoms with E-state index in [-0.39, 0.29) is 5.56 Å². The highest BCUT2D eigenvalue weighted by Crippen LogP contribution is 2.29. The van der Waals surface area contributed by atoms with E-state index in [1.54, 1.807) is 25.1 Å². The number of halogens is 1. The first-order valence-corrected chi connectivity index (χ1v) is 5.10. The van der Waals surface area contributed by atoms with Crippen molar-refractivity contribution in [1.29, 1.82) is 0 Å². The summed E-state index contributed by atoms with van der Waals surface area (Å²) in [4.78, 5) is 11.0. The van der Waals surface area contributed by atoms with Crippen molar-refractivity contribution in [1.82, 2.24) is 0 Å². The fourth-order valence-corrected chi connectivity index (χ4v) is 1.93. The van der Waals surface area contributed by atoms with E-state index in [1.165, 1.54) is 0 Å². The third-order valence-corrected chi connectivity index (χ3v) is 2.88. The zero-order valence-electron chi connectivity index (χ0n) is 8.62. The largest absolute Gasteiger partial charge is 0.478 e. The summed E-state index contributed by atoms with van der Waals surface area (Å²) in [6.07, 6.45) is 0. The normalized spacial score (nSPS) is 10.6. The quantitative estimate of drug-likeness (QED) is 0.747. The summed E-state index contributed by atoms with van der Waals surface area (Å²) >= 11 is 5.86. The van der Waals surface area contributed by atoms with Crippen LogP contribution in [0.1, 0.15) is 15.9 Å². The van der Waals surface area contributed by atoms with Gasteiger partial charge in [-0.05, 0) is 41.5 Å². The molecule has 2 aromatic rings. The topological polar surface area (TPSA) is 63.3 Å². The molecule has 0 saturated heterocycles. The van der Waals surface area contributed by atoms with E-state index >= 15 is 0 Å². The van der Waals surface area contributed by atoms with Crippen molar-refractivity contribution in [2.75, 3.05) is 5.73 Å². The van der Waals surface area contributed by atoms with Crippen LogP contribution >= 0.6 is 11.6 Å². The number of hydrogen-bond acceptors (Lipinski definition) is 2. The molecule has 16 heavy (non-hydrogen) atoms. The molecule has 2 aromatic carbocycles. The predicted molar refractivity (Wildman–Crippen MR) is 65.1 cm³/mol. The minimum absolute atomic E-state index is 0.118. The summed E-state index contributed by atoms with van der Waals surface area (Å²) in [5, 5.41) is 11.3. The number of nitrogens with two attached hydrogens (primary N) is 1. The Bertz CT molecular complexity index is 593. The second kappa shape index (κ2) is 3.68. The third kappa shape index (κ3) is 1.59. The minimum atomic E-state index is -1.03. The van der Waals surface area contributed by atoms with Gasteiger partial charge in [0.05, 0.1) is 5.56 Å². The van der Waals surface area contributed by atoms with Crippen LogP contribution in [0.2, 0.25) is 5.02 Å². The van der Waals surface area contributed by atoms with Gasteiger partial charge in [-0.2, -0.15) is 0 Å². The Balaban J connectivity index is 2.88. The van der Waals surface area contributed by atoms with Crippen molar-refractivity contribution < 1.29 is 9.90 Å². The standard InChI is InChI=1S/C12H10ClNO2/c1-6-9-3-2-8(13)4-7(9)5-10(11(6)14)12(15)16/h2-5H,14H2,1H3,(H,15,16). The molecule has 0 saturated carbocycles. The van der Waals surface area contributed by atoms with Gasteiger partial charge in [0.15, 0.2) is 0 Å². The molecule has 0 aromatic heterocycles. The Kier molecular flexibility index (Phi) is 2.48. The monoisotopic (exact) mass is 235 g/mol. The molecule has 0 bridgehead atoms. The first kappa shape index (κ1) is 10.8. The summed E-state index contributed by atoms with van der Waals surface area (Å²) in [5.74, 6) is -1.03. The van der Waals surface area contributed by atoms with Crippen LogP contribution in [-0.2, 0) is 0 Å². The first-order valence-electron chi connectivity index (χ1n) is 4.72. The molecule has 3 N–H and O–H groups in total. The van der Waals surface area contributed by atoms with Gasteiger partial charge in [0.2, 0.25) is 0 Å². The smallest absolute Gasteiger partial charge is 0.337 e. The van der Waals surface area contributed by atoms with E-state index in [1.807, 2.05) is 6.07 Å². The molecule has 4 heteroatoms. The Labute approximate surface area is 97.4 Å². The molecule has 0 atom stereocenters. The number of anilines is 1. The molecule has 0 heterocycles. The van der Waals surface area contributed by atoms with Gasteiger partial charge in [-0.3, -0.25) is 0 Å². The van der Waals surface area contributed by atoms with E-state index in [9.17, 15) is 4.79 Å². The molecule has 0 aliphatic heterocycles. The number of aryl methyl sites for hydroxylation is 1. The van der Waals surface area contributed by atoms with Gasteiger partial charge in [0, 0.05) is 10.7 Å². The van der Waals surface area contributed by atoms with Crippen LogP contribution in [0.3, 0.4) is 0 Å². The Hall–Kier alpha value is -1.74. The minimum Gasteiger partial charge on any atom is -0.478 e. The molecule has 0 unspecified atom stereocenters. The lowest BCUT2D eigenvalue weighted by Crippen LogP contribution is -2.04. The van der Waals surface area contributed by atoms with Crippen molar-refractivity contribution in [3.8, 4) is 0 Å². The van der Waals surface area contributed by atoms with E-state index in [0.29, 0.717) is 10.7 Å². The number of hydrogen-bond donors (Lipinski definition) is 2. The molecule has 0 amide bonds. The summed E-state index contributed by atoms with van der Waals surface area (Å²) in [6.45, 7) is 1.80. The van der Waals surface area contributed by atoms with Crippen molar-refractivity contribution >= 4 is 34.0 Å². The molecule has 0 spiro atoms. The lowest BCUT2D eigenvalue weighted by molar-refractivity contribution is 0.0698. The van der Waals surface area contributed by atoms with Crippen molar-refractivity contribution in [2.24, 2.45) is 0 Å². The lowest BCUT2D eigenvalue weighted by Gasteiger charge is -2.09. The highest BCUT2D eigenvalue weighted by molar-refractivity contribution is 6.31. The van der Waals surface area contributed by atoms with E-state index in [4.69, 9.17) is 22.4 Å². The second-order valence-electron chi connectivity index (χ2n) is 3.63.